The van der Waals surface area contributed by atoms with E-state index >= 15 is 0 Å². The Bertz CT molecular complexity index is 644. The molecule has 1 N–H and O–H groups in total. The van der Waals surface area contributed by atoms with E-state index in [1.54, 1.807) is 12.4 Å². The normalized spacial score (nSPS) is 21.6. The van der Waals surface area contributed by atoms with E-state index in [9.17, 15) is 4.79 Å². The van der Waals surface area contributed by atoms with Crippen molar-refractivity contribution in [1.82, 2.24) is 10.3 Å². The van der Waals surface area contributed by atoms with Crippen LogP contribution in [0.5, 0.6) is 0 Å². The predicted octanol–water partition coefficient (Wildman–Crippen LogP) is 3.83. The molecule has 0 unspecified atom stereocenters. The Labute approximate surface area is 132 Å². The number of hydrogen-bond donors (Lipinski definition) is 1. The molecule has 1 heterocycles. The summed E-state index contributed by atoms with van der Waals surface area (Å²) in [7, 11) is 0. The van der Waals surface area contributed by atoms with Gasteiger partial charge in [0.2, 0.25) is 5.91 Å². The van der Waals surface area contributed by atoms with Crippen molar-refractivity contribution < 1.29 is 4.79 Å². The van der Waals surface area contributed by atoms with Gasteiger partial charge in [0.25, 0.3) is 0 Å². The summed E-state index contributed by atoms with van der Waals surface area (Å²) in [5.41, 5.74) is 2.27. The zero-order valence-electron chi connectivity index (χ0n) is 11.8. The highest BCUT2D eigenvalue weighted by Crippen LogP contribution is 2.48. The molecule has 2 aromatic rings. The average Bonchev–Trinajstić information content (AvgIpc) is 3.29. The summed E-state index contributed by atoms with van der Waals surface area (Å²) in [5.74, 6) is 0.582. The lowest BCUT2D eigenvalue weighted by molar-refractivity contribution is -0.123. The lowest BCUT2D eigenvalue weighted by atomic mass is 10.1. The average molecular weight is 345 g/mol. The van der Waals surface area contributed by atoms with Crippen LogP contribution in [-0.2, 0) is 4.79 Å². The van der Waals surface area contributed by atoms with E-state index in [1.165, 1.54) is 5.56 Å². The number of aromatic nitrogens is 1. The largest absolute Gasteiger partial charge is 0.349 e. The van der Waals surface area contributed by atoms with E-state index < -0.39 is 0 Å². The van der Waals surface area contributed by atoms with Gasteiger partial charge in [-0.1, -0.05) is 34.1 Å². The maximum absolute atomic E-state index is 12.3. The molecule has 0 spiro atoms. The predicted molar refractivity (Wildman–Crippen MR) is 85.8 cm³/mol. The molecule has 3 atom stereocenters. The van der Waals surface area contributed by atoms with Gasteiger partial charge in [0.1, 0.15) is 0 Å². The first-order valence-electron chi connectivity index (χ1n) is 7.11. The highest BCUT2D eigenvalue weighted by Gasteiger charge is 2.44. The Morgan fingerprint density at radius 3 is 2.95 bits per heavy atom. The molecule has 1 amide bonds. The van der Waals surface area contributed by atoms with Crippen LogP contribution in [0.25, 0.3) is 0 Å². The Hall–Kier alpha value is -1.68. The molecule has 0 aliphatic heterocycles. The zero-order valence-corrected chi connectivity index (χ0v) is 13.4. The molecule has 3 nitrogen and oxygen atoms in total. The molecule has 1 aliphatic rings. The first kappa shape index (κ1) is 14.3. The van der Waals surface area contributed by atoms with Crippen LogP contribution in [0.2, 0.25) is 0 Å². The van der Waals surface area contributed by atoms with Crippen molar-refractivity contribution in [3.8, 4) is 0 Å². The third kappa shape index (κ3) is 3.32. The number of benzene rings is 1. The molecule has 3 rings (SSSR count). The number of carbonyl (C=O) groups excluding carboxylic acids is 1. The van der Waals surface area contributed by atoms with Gasteiger partial charge in [-0.3, -0.25) is 9.78 Å². The molecular formula is C17H17BrN2O. The van der Waals surface area contributed by atoms with Crippen molar-refractivity contribution >= 4 is 21.8 Å². The number of nitrogens with one attached hydrogen (secondary N) is 1. The van der Waals surface area contributed by atoms with Crippen LogP contribution in [-0.4, -0.2) is 10.9 Å². The van der Waals surface area contributed by atoms with Crippen LogP contribution in [0.1, 0.15) is 36.4 Å². The highest BCUT2D eigenvalue weighted by molar-refractivity contribution is 9.10. The fourth-order valence-electron chi connectivity index (χ4n) is 2.63. The fraction of sp³-hybridized carbons (Fsp3) is 0.294. The smallest absolute Gasteiger partial charge is 0.224 e. The first-order chi connectivity index (χ1) is 10.1. The van der Waals surface area contributed by atoms with Crippen molar-refractivity contribution in [3.05, 3.63) is 64.4 Å². The van der Waals surface area contributed by atoms with E-state index in [2.05, 4.69) is 38.4 Å². The van der Waals surface area contributed by atoms with Crippen molar-refractivity contribution in [1.29, 1.82) is 0 Å². The molecule has 1 saturated carbocycles. The summed E-state index contributed by atoms with van der Waals surface area (Å²) in [6, 6.07) is 12.1. The van der Waals surface area contributed by atoms with E-state index in [0.717, 1.165) is 16.5 Å². The summed E-state index contributed by atoms with van der Waals surface area (Å²) in [5, 5.41) is 3.08. The summed E-state index contributed by atoms with van der Waals surface area (Å²) in [6.45, 7) is 1.99. The van der Waals surface area contributed by atoms with E-state index in [4.69, 9.17) is 0 Å². The molecule has 0 saturated heterocycles. The molecular weight excluding hydrogens is 328 g/mol. The minimum Gasteiger partial charge on any atom is -0.349 e. The third-order valence-electron chi connectivity index (χ3n) is 3.95. The summed E-state index contributed by atoms with van der Waals surface area (Å²) in [4.78, 5) is 16.4. The lowest BCUT2D eigenvalue weighted by Gasteiger charge is -2.13. The van der Waals surface area contributed by atoms with Crippen LogP contribution >= 0.6 is 15.9 Å². The summed E-state index contributed by atoms with van der Waals surface area (Å²) >= 11 is 3.48. The molecule has 1 aromatic carbocycles. The molecule has 0 radical (unpaired) electrons. The number of hydrogen-bond acceptors (Lipinski definition) is 2. The maximum atomic E-state index is 12.3. The number of halogens is 1. The van der Waals surface area contributed by atoms with Crippen molar-refractivity contribution in [2.24, 2.45) is 5.92 Å². The van der Waals surface area contributed by atoms with Crippen molar-refractivity contribution in [3.63, 3.8) is 0 Å². The van der Waals surface area contributed by atoms with Crippen molar-refractivity contribution in [2.45, 2.75) is 25.3 Å². The van der Waals surface area contributed by atoms with E-state index in [-0.39, 0.29) is 17.9 Å². The van der Waals surface area contributed by atoms with Crippen LogP contribution < -0.4 is 5.32 Å². The van der Waals surface area contributed by atoms with Crippen LogP contribution in [0.15, 0.2) is 53.3 Å². The van der Waals surface area contributed by atoms with Crippen LogP contribution in [0.4, 0.5) is 0 Å². The Kier molecular flexibility index (Phi) is 4.06. The van der Waals surface area contributed by atoms with E-state index in [0.29, 0.717) is 5.92 Å². The third-order valence-corrected chi connectivity index (χ3v) is 4.44. The second-order valence-corrected chi connectivity index (χ2v) is 6.44. The second kappa shape index (κ2) is 5.98. The number of carbonyl (C=O) groups is 1. The number of pyridine rings is 1. The molecule has 0 bridgehead atoms. The molecule has 1 aliphatic carbocycles. The first-order valence-corrected chi connectivity index (χ1v) is 7.90. The Morgan fingerprint density at radius 1 is 1.38 bits per heavy atom. The monoisotopic (exact) mass is 344 g/mol. The Balaban J connectivity index is 1.61. The Morgan fingerprint density at radius 2 is 2.24 bits per heavy atom. The molecule has 4 heteroatoms. The number of rotatable bonds is 4. The van der Waals surface area contributed by atoms with E-state index in [1.807, 2.05) is 31.2 Å². The molecule has 21 heavy (non-hydrogen) atoms. The minimum absolute atomic E-state index is 0.00467. The highest BCUT2D eigenvalue weighted by atomic mass is 79.9. The minimum atomic E-state index is -0.00467. The van der Waals surface area contributed by atoms with Gasteiger partial charge in [0, 0.05) is 22.8 Å². The van der Waals surface area contributed by atoms with Gasteiger partial charge in [-0.05, 0) is 48.6 Å². The summed E-state index contributed by atoms with van der Waals surface area (Å²) < 4.78 is 1.06. The zero-order chi connectivity index (χ0) is 14.8. The second-order valence-electron chi connectivity index (χ2n) is 5.52. The van der Waals surface area contributed by atoms with Gasteiger partial charge in [0.15, 0.2) is 0 Å². The molecule has 1 fully saturated rings. The maximum Gasteiger partial charge on any atom is 0.224 e. The van der Waals surface area contributed by atoms with Crippen molar-refractivity contribution in [2.75, 3.05) is 0 Å². The molecule has 108 valence electrons. The van der Waals surface area contributed by atoms with Gasteiger partial charge in [-0.15, -0.1) is 0 Å². The van der Waals surface area contributed by atoms with Gasteiger partial charge >= 0.3 is 0 Å². The van der Waals surface area contributed by atoms with Gasteiger partial charge in [-0.2, -0.15) is 0 Å². The summed E-state index contributed by atoms with van der Waals surface area (Å²) in [6.07, 6.45) is 4.47. The van der Waals surface area contributed by atoms with Gasteiger partial charge in [0.05, 0.1) is 6.04 Å². The fourth-order valence-corrected chi connectivity index (χ4v) is 3.04. The van der Waals surface area contributed by atoms with Crippen LogP contribution in [0, 0.1) is 5.92 Å². The quantitative estimate of drug-likeness (QED) is 0.915. The number of amides is 1. The topological polar surface area (TPSA) is 42.0 Å². The van der Waals surface area contributed by atoms with Crippen LogP contribution in [0.3, 0.4) is 0 Å². The van der Waals surface area contributed by atoms with Gasteiger partial charge < -0.3 is 5.32 Å². The standard InChI is InChI=1S/C17H17BrN2O/c1-11(13-5-3-7-19-10-13)20-17(21)16-9-15(16)12-4-2-6-14(18)8-12/h2-8,10-11,15-16H,9H2,1H3,(H,20,21)/t11-,15+,16+/m0/s1. The number of nitrogens with zero attached hydrogens (tertiary/aromatic N) is 1. The SMILES string of the molecule is C[C@H](NC(=O)[C@@H]1C[C@@H]1c1cccc(Br)c1)c1cccnc1. The lowest BCUT2D eigenvalue weighted by Crippen LogP contribution is -2.28. The van der Waals surface area contributed by atoms with Gasteiger partial charge in [-0.25, -0.2) is 0 Å². The molecule has 1 aromatic heterocycles.